The van der Waals surface area contributed by atoms with Gasteiger partial charge in [0.15, 0.2) is 0 Å². The van der Waals surface area contributed by atoms with Gasteiger partial charge in [0.1, 0.15) is 6.61 Å². The fourth-order valence-corrected chi connectivity index (χ4v) is 3.64. The maximum Gasteiger partial charge on any atom is 0.404 e. The molecule has 3 rings (SSSR count). The number of nitrogens with two attached hydrogens (primary N) is 1. The number of carbonyl (C=O) groups is 1. The number of nitro groups is 1. The maximum atomic E-state index is 11.7. The van der Waals surface area contributed by atoms with E-state index in [0.717, 1.165) is 16.5 Å². The maximum absolute atomic E-state index is 11.7. The molecule has 154 valence electrons. The summed E-state index contributed by atoms with van der Waals surface area (Å²) < 4.78 is 5.10. The van der Waals surface area contributed by atoms with Gasteiger partial charge in [-0.1, -0.05) is 36.3 Å². The number of nitrogens with one attached hydrogen (secondary N) is 1. The Balaban J connectivity index is 2.10. The zero-order chi connectivity index (χ0) is 21.7. The molecular weight excluding hydrogens is 388 g/mol. The number of benzene rings is 2. The van der Waals surface area contributed by atoms with Gasteiger partial charge in [-0.25, -0.2) is 4.79 Å². The molecule has 0 fully saturated rings. The minimum absolute atomic E-state index is 0.0456. The number of para-hydroxylation sites is 1. The molecule has 2 unspecified atom stereocenters. The number of hydrogen-bond donors (Lipinski definition) is 2. The number of aromatic amines is 1. The summed E-state index contributed by atoms with van der Waals surface area (Å²) in [6, 6.07) is 12.2. The molecule has 0 aliphatic carbocycles. The van der Waals surface area contributed by atoms with E-state index in [9.17, 15) is 14.9 Å². The predicted molar refractivity (Wildman–Crippen MR) is 111 cm³/mol. The number of nitro benzene ring substituents is 1. The summed E-state index contributed by atoms with van der Waals surface area (Å²) >= 11 is 0. The molecule has 1 heterocycles. The molecule has 2 aromatic carbocycles. The van der Waals surface area contributed by atoms with Gasteiger partial charge in [0, 0.05) is 39.6 Å². The van der Waals surface area contributed by atoms with Crippen LogP contribution in [0.2, 0.25) is 0 Å². The van der Waals surface area contributed by atoms with Crippen LogP contribution in [0.3, 0.4) is 0 Å². The van der Waals surface area contributed by atoms with Crippen molar-refractivity contribution in [1.82, 2.24) is 4.98 Å². The van der Waals surface area contributed by atoms with Crippen molar-refractivity contribution in [2.24, 2.45) is 10.8 Å². The Labute approximate surface area is 171 Å². The van der Waals surface area contributed by atoms with Crippen LogP contribution in [-0.2, 0) is 11.3 Å². The minimum Gasteiger partial charge on any atom is -0.449 e. The van der Waals surface area contributed by atoms with Gasteiger partial charge in [-0.15, -0.1) is 0 Å². The first kappa shape index (κ1) is 20.7. The van der Waals surface area contributed by atoms with E-state index in [0.29, 0.717) is 11.1 Å². The Bertz CT molecular complexity index is 1140. The number of azide groups is 1. The molecule has 2 atom stereocenters. The van der Waals surface area contributed by atoms with E-state index in [-0.39, 0.29) is 18.8 Å². The van der Waals surface area contributed by atoms with Crippen LogP contribution in [0.5, 0.6) is 0 Å². The van der Waals surface area contributed by atoms with E-state index in [2.05, 4.69) is 15.0 Å². The minimum atomic E-state index is -0.918. The third-order valence-electron chi connectivity index (χ3n) is 5.13. The Hall–Kier alpha value is -4.04. The van der Waals surface area contributed by atoms with Gasteiger partial charge in [-0.3, -0.25) is 10.1 Å². The fourth-order valence-electron chi connectivity index (χ4n) is 3.64. The SMILES string of the molecule is CC(c1cc(CN=[N+]=[N-])ccc1[N+](=O)[O-])C(COC(N)=O)c1c[nH]c2ccccc12. The van der Waals surface area contributed by atoms with Crippen molar-refractivity contribution < 1.29 is 14.5 Å². The largest absolute Gasteiger partial charge is 0.449 e. The van der Waals surface area contributed by atoms with Gasteiger partial charge in [-0.2, -0.15) is 0 Å². The number of fused-ring (bicyclic) bond motifs is 1. The van der Waals surface area contributed by atoms with Crippen molar-refractivity contribution >= 4 is 22.7 Å². The van der Waals surface area contributed by atoms with Crippen LogP contribution < -0.4 is 5.73 Å². The fraction of sp³-hybridized carbons (Fsp3) is 0.250. The number of hydrogen-bond acceptors (Lipinski definition) is 5. The topological polar surface area (TPSA) is 160 Å². The summed E-state index contributed by atoms with van der Waals surface area (Å²) in [5.41, 5.74) is 16.5. The Morgan fingerprint density at radius 3 is 2.80 bits per heavy atom. The number of nitrogens with zero attached hydrogens (tertiary/aromatic N) is 4. The molecule has 1 amide bonds. The molecule has 0 aliphatic heterocycles. The summed E-state index contributed by atoms with van der Waals surface area (Å²) in [5.74, 6) is -0.808. The van der Waals surface area contributed by atoms with Gasteiger partial charge in [-0.05, 0) is 34.7 Å². The standard InChI is InChI=1S/C20H20N6O4/c1-12(15-8-13(9-24-25-22)6-7-19(15)26(28)29)17(11-30-20(21)27)16-10-23-18-5-3-2-4-14(16)18/h2-8,10,12,17,23H,9,11H2,1H3,(H2,21,27). The summed E-state index contributed by atoms with van der Waals surface area (Å²) in [5, 5.41) is 16.1. The third kappa shape index (κ3) is 4.34. The van der Waals surface area contributed by atoms with Crippen molar-refractivity contribution in [3.05, 3.63) is 85.9 Å². The highest BCUT2D eigenvalue weighted by molar-refractivity contribution is 5.84. The van der Waals surface area contributed by atoms with Crippen LogP contribution in [0, 0.1) is 10.1 Å². The van der Waals surface area contributed by atoms with Crippen LogP contribution in [-0.4, -0.2) is 22.6 Å². The van der Waals surface area contributed by atoms with Crippen LogP contribution in [0.1, 0.15) is 35.4 Å². The molecule has 0 bridgehead atoms. The van der Waals surface area contributed by atoms with Crippen molar-refractivity contribution in [3.8, 4) is 0 Å². The van der Waals surface area contributed by atoms with Gasteiger partial charge < -0.3 is 15.5 Å². The first-order valence-corrected chi connectivity index (χ1v) is 9.18. The average molecular weight is 408 g/mol. The van der Waals surface area contributed by atoms with Gasteiger partial charge in [0.2, 0.25) is 0 Å². The Morgan fingerprint density at radius 2 is 2.10 bits per heavy atom. The number of ether oxygens (including phenoxy) is 1. The molecule has 0 radical (unpaired) electrons. The molecule has 10 heteroatoms. The third-order valence-corrected chi connectivity index (χ3v) is 5.13. The summed E-state index contributed by atoms with van der Waals surface area (Å²) in [4.78, 5) is 28.4. The van der Waals surface area contributed by atoms with Crippen LogP contribution in [0.25, 0.3) is 21.3 Å². The van der Waals surface area contributed by atoms with E-state index in [1.165, 1.54) is 6.07 Å². The number of carbonyl (C=O) groups excluding carboxylic acids is 1. The highest BCUT2D eigenvalue weighted by atomic mass is 16.6. The molecule has 1 aromatic heterocycles. The van der Waals surface area contributed by atoms with Crippen LogP contribution >= 0.6 is 0 Å². The quantitative estimate of drug-likeness (QED) is 0.179. The Morgan fingerprint density at radius 1 is 1.33 bits per heavy atom. The number of rotatable bonds is 8. The van der Waals surface area contributed by atoms with Crippen molar-refractivity contribution in [3.63, 3.8) is 0 Å². The summed E-state index contributed by atoms with van der Waals surface area (Å²) in [7, 11) is 0. The first-order chi connectivity index (χ1) is 14.4. The molecule has 3 N–H and O–H groups in total. The van der Waals surface area contributed by atoms with Crippen LogP contribution in [0.15, 0.2) is 53.8 Å². The molecule has 0 aliphatic rings. The highest BCUT2D eigenvalue weighted by Crippen LogP contribution is 2.40. The van der Waals surface area contributed by atoms with Crippen molar-refractivity contribution in [1.29, 1.82) is 0 Å². The number of aromatic nitrogens is 1. The second-order valence-electron chi connectivity index (χ2n) is 6.85. The van der Waals surface area contributed by atoms with Crippen molar-refractivity contribution in [2.75, 3.05) is 6.61 Å². The van der Waals surface area contributed by atoms with Crippen molar-refractivity contribution in [2.45, 2.75) is 25.3 Å². The number of primary amides is 1. The molecule has 30 heavy (non-hydrogen) atoms. The summed E-state index contributed by atoms with van der Waals surface area (Å²) in [6.07, 6.45) is 0.893. The van der Waals surface area contributed by atoms with E-state index >= 15 is 0 Å². The van der Waals surface area contributed by atoms with E-state index in [1.807, 2.05) is 37.4 Å². The average Bonchev–Trinajstić information content (AvgIpc) is 3.15. The van der Waals surface area contributed by atoms with Gasteiger partial charge in [0.05, 0.1) is 11.5 Å². The molecule has 0 saturated heterocycles. The molecule has 3 aromatic rings. The van der Waals surface area contributed by atoms with E-state index in [1.54, 1.807) is 12.1 Å². The van der Waals surface area contributed by atoms with E-state index < -0.39 is 22.9 Å². The molecule has 0 spiro atoms. The summed E-state index contributed by atoms with van der Waals surface area (Å²) in [6.45, 7) is 1.86. The lowest BCUT2D eigenvalue weighted by molar-refractivity contribution is -0.385. The smallest absolute Gasteiger partial charge is 0.404 e. The zero-order valence-corrected chi connectivity index (χ0v) is 16.2. The van der Waals surface area contributed by atoms with Gasteiger partial charge >= 0.3 is 6.09 Å². The number of amides is 1. The van der Waals surface area contributed by atoms with E-state index in [4.69, 9.17) is 16.0 Å². The highest BCUT2D eigenvalue weighted by Gasteiger charge is 2.30. The lowest BCUT2D eigenvalue weighted by atomic mass is 9.81. The molecular formula is C20H20N6O4. The predicted octanol–water partition coefficient (Wildman–Crippen LogP) is 4.87. The monoisotopic (exact) mass is 408 g/mol. The lowest BCUT2D eigenvalue weighted by Gasteiger charge is -2.24. The number of H-pyrrole nitrogens is 1. The first-order valence-electron chi connectivity index (χ1n) is 9.18. The van der Waals surface area contributed by atoms with Gasteiger partial charge in [0.25, 0.3) is 5.69 Å². The lowest BCUT2D eigenvalue weighted by Crippen LogP contribution is -2.21. The Kier molecular flexibility index (Phi) is 6.19. The normalized spacial score (nSPS) is 12.7. The van der Waals surface area contributed by atoms with Crippen LogP contribution in [0.4, 0.5) is 10.5 Å². The second kappa shape index (κ2) is 8.97. The molecule has 0 saturated carbocycles. The molecule has 10 nitrogen and oxygen atoms in total. The second-order valence-corrected chi connectivity index (χ2v) is 6.85. The zero-order valence-electron chi connectivity index (χ0n) is 16.2.